The lowest BCUT2D eigenvalue weighted by Crippen LogP contribution is -2.15. The molecule has 0 bridgehead atoms. The number of amides is 1. The molecule has 4 rings (SSSR count). The number of benzene rings is 2. The highest BCUT2D eigenvalue weighted by Gasteiger charge is 2.22. The zero-order valence-electron chi connectivity index (χ0n) is 15.9. The summed E-state index contributed by atoms with van der Waals surface area (Å²) in [4.78, 5) is 30.8. The van der Waals surface area contributed by atoms with Crippen LogP contribution in [-0.4, -0.2) is 26.5 Å². The predicted octanol–water partition coefficient (Wildman–Crippen LogP) is 4.34. The first kappa shape index (κ1) is 18.8. The van der Waals surface area contributed by atoms with Crippen LogP contribution >= 0.6 is 11.3 Å². The van der Waals surface area contributed by atoms with Gasteiger partial charge < -0.3 is 0 Å². The summed E-state index contributed by atoms with van der Waals surface area (Å²) in [5.41, 5.74) is 3.13. The first-order valence-corrected chi connectivity index (χ1v) is 9.82. The van der Waals surface area contributed by atoms with E-state index >= 15 is 0 Å². The van der Waals surface area contributed by atoms with E-state index in [1.165, 1.54) is 16.0 Å². The van der Waals surface area contributed by atoms with Crippen LogP contribution in [0.3, 0.4) is 0 Å². The molecule has 0 fully saturated rings. The summed E-state index contributed by atoms with van der Waals surface area (Å²) in [5.74, 6) is -0.445. The van der Waals surface area contributed by atoms with Crippen molar-refractivity contribution < 1.29 is 9.59 Å². The number of nitrogens with zero attached hydrogens (tertiary/aromatic N) is 3. The highest BCUT2D eigenvalue weighted by Crippen LogP contribution is 2.33. The van der Waals surface area contributed by atoms with Crippen LogP contribution in [0.1, 0.15) is 31.4 Å². The minimum Gasteiger partial charge on any atom is -0.296 e. The molecule has 2 aromatic heterocycles. The summed E-state index contributed by atoms with van der Waals surface area (Å²) < 4.78 is 1.52. The van der Waals surface area contributed by atoms with Gasteiger partial charge >= 0.3 is 0 Å². The van der Waals surface area contributed by atoms with E-state index in [4.69, 9.17) is 0 Å². The summed E-state index contributed by atoms with van der Waals surface area (Å²) in [5, 5.41) is 7.37. The highest BCUT2D eigenvalue weighted by atomic mass is 32.1. The second-order valence-electron chi connectivity index (χ2n) is 6.51. The predicted molar refractivity (Wildman–Crippen MR) is 113 cm³/mol. The number of aryl methyl sites for hydroxylation is 2. The second-order valence-corrected chi connectivity index (χ2v) is 7.51. The molecular formula is C22H18N4O2S. The molecular weight excluding hydrogens is 384 g/mol. The van der Waals surface area contributed by atoms with Crippen LogP contribution in [0.5, 0.6) is 0 Å². The monoisotopic (exact) mass is 402 g/mol. The number of thiazole rings is 1. The van der Waals surface area contributed by atoms with Gasteiger partial charge in [0.1, 0.15) is 10.6 Å². The minimum absolute atomic E-state index is 0.126. The van der Waals surface area contributed by atoms with Crippen LogP contribution in [0.25, 0.3) is 11.3 Å². The molecule has 0 radical (unpaired) electrons. The third-order valence-corrected chi connectivity index (χ3v) is 5.34. The quantitative estimate of drug-likeness (QED) is 0.504. The molecule has 0 aliphatic rings. The van der Waals surface area contributed by atoms with E-state index in [9.17, 15) is 9.59 Å². The highest BCUT2D eigenvalue weighted by molar-refractivity contribution is 7.18. The maximum atomic E-state index is 13.1. The zero-order valence-corrected chi connectivity index (χ0v) is 16.7. The normalized spacial score (nSPS) is 10.7. The summed E-state index contributed by atoms with van der Waals surface area (Å²) in [6, 6.07) is 20.2. The van der Waals surface area contributed by atoms with E-state index in [0.717, 1.165) is 11.3 Å². The van der Waals surface area contributed by atoms with Gasteiger partial charge in [-0.05, 0) is 13.0 Å². The Morgan fingerprint density at radius 1 is 1.00 bits per heavy atom. The van der Waals surface area contributed by atoms with Gasteiger partial charge in [0.25, 0.3) is 5.91 Å². The Labute approximate surface area is 171 Å². The van der Waals surface area contributed by atoms with Crippen LogP contribution in [0.2, 0.25) is 0 Å². The SMILES string of the molecule is Cc1cc(C(=O)Nc2nc(-c3ccccc3)c(C(=O)c3ccccc3)s2)n(C)n1. The molecule has 0 aliphatic carbocycles. The number of hydrogen-bond acceptors (Lipinski definition) is 5. The number of aromatic nitrogens is 3. The Hall–Kier alpha value is -3.58. The number of hydrogen-bond donors (Lipinski definition) is 1. The van der Waals surface area contributed by atoms with Crippen LogP contribution < -0.4 is 5.32 Å². The van der Waals surface area contributed by atoms with Gasteiger partial charge in [-0.1, -0.05) is 72.0 Å². The van der Waals surface area contributed by atoms with E-state index < -0.39 is 0 Å². The number of nitrogens with one attached hydrogen (secondary N) is 1. The number of carbonyl (C=O) groups excluding carboxylic acids is 2. The summed E-state index contributed by atoms with van der Waals surface area (Å²) >= 11 is 1.17. The van der Waals surface area contributed by atoms with Crippen molar-refractivity contribution in [2.24, 2.45) is 7.05 Å². The Morgan fingerprint density at radius 3 is 2.28 bits per heavy atom. The fraction of sp³-hybridized carbons (Fsp3) is 0.0909. The third kappa shape index (κ3) is 3.86. The van der Waals surface area contributed by atoms with Gasteiger partial charge in [0.2, 0.25) is 5.78 Å². The van der Waals surface area contributed by atoms with Crippen LogP contribution in [0.4, 0.5) is 5.13 Å². The van der Waals surface area contributed by atoms with E-state index in [2.05, 4.69) is 15.4 Å². The van der Waals surface area contributed by atoms with E-state index in [1.807, 2.05) is 55.5 Å². The van der Waals surface area contributed by atoms with Crippen LogP contribution in [0.15, 0.2) is 66.7 Å². The van der Waals surface area contributed by atoms with E-state index in [1.54, 1.807) is 25.2 Å². The molecule has 2 aromatic carbocycles. The number of carbonyl (C=O) groups is 2. The summed E-state index contributed by atoms with van der Waals surface area (Å²) in [6.07, 6.45) is 0. The van der Waals surface area contributed by atoms with Gasteiger partial charge in [-0.2, -0.15) is 5.10 Å². The molecule has 0 atom stereocenters. The summed E-state index contributed by atoms with van der Waals surface area (Å²) in [7, 11) is 1.71. The largest absolute Gasteiger partial charge is 0.296 e. The number of ketones is 1. The first-order chi connectivity index (χ1) is 14.0. The standard InChI is InChI=1S/C22H18N4O2S/c1-14-13-17(26(2)25-14)21(28)24-22-23-18(15-9-5-3-6-10-15)20(29-22)19(27)16-11-7-4-8-12-16/h3-13H,1-2H3,(H,23,24,28). The number of rotatable bonds is 5. The van der Waals surface area contributed by atoms with Crippen molar-refractivity contribution in [2.75, 3.05) is 5.32 Å². The van der Waals surface area contributed by atoms with Gasteiger partial charge in [0, 0.05) is 18.2 Å². The third-order valence-electron chi connectivity index (χ3n) is 4.37. The van der Waals surface area contributed by atoms with Gasteiger partial charge in [-0.25, -0.2) is 4.98 Å². The van der Waals surface area contributed by atoms with Crippen molar-refractivity contribution in [3.63, 3.8) is 0 Å². The molecule has 1 N–H and O–H groups in total. The lowest BCUT2D eigenvalue weighted by Gasteiger charge is -2.02. The first-order valence-electron chi connectivity index (χ1n) is 9.01. The van der Waals surface area contributed by atoms with Crippen molar-refractivity contribution in [3.8, 4) is 11.3 Å². The van der Waals surface area contributed by atoms with Crippen molar-refractivity contribution >= 4 is 28.2 Å². The molecule has 0 unspecified atom stereocenters. The topological polar surface area (TPSA) is 76.9 Å². The Kier molecular flexibility index (Phi) is 5.05. The molecule has 29 heavy (non-hydrogen) atoms. The fourth-order valence-corrected chi connectivity index (χ4v) is 3.97. The van der Waals surface area contributed by atoms with Crippen molar-refractivity contribution in [2.45, 2.75) is 6.92 Å². The molecule has 6 nitrogen and oxygen atoms in total. The van der Waals surface area contributed by atoms with E-state index in [-0.39, 0.29) is 11.7 Å². The molecule has 7 heteroatoms. The second kappa shape index (κ2) is 7.81. The molecule has 0 spiro atoms. The van der Waals surface area contributed by atoms with Crippen LogP contribution in [0, 0.1) is 6.92 Å². The zero-order chi connectivity index (χ0) is 20.4. The molecule has 0 aliphatic heterocycles. The van der Waals surface area contributed by atoms with E-state index in [0.29, 0.717) is 27.0 Å². The minimum atomic E-state index is -0.319. The lowest BCUT2D eigenvalue weighted by molar-refractivity contribution is 0.101. The van der Waals surface area contributed by atoms with Gasteiger partial charge in [-0.3, -0.25) is 19.6 Å². The number of anilines is 1. The Morgan fingerprint density at radius 2 is 1.66 bits per heavy atom. The lowest BCUT2D eigenvalue weighted by atomic mass is 10.1. The Balaban J connectivity index is 1.73. The molecule has 144 valence electrons. The van der Waals surface area contributed by atoms with Gasteiger partial charge in [0.05, 0.1) is 11.4 Å². The smallest absolute Gasteiger partial charge is 0.275 e. The molecule has 4 aromatic rings. The maximum Gasteiger partial charge on any atom is 0.275 e. The van der Waals surface area contributed by atoms with Crippen LogP contribution in [-0.2, 0) is 7.05 Å². The van der Waals surface area contributed by atoms with Crippen molar-refractivity contribution in [1.29, 1.82) is 0 Å². The fourth-order valence-electron chi connectivity index (χ4n) is 3.02. The Bertz CT molecular complexity index is 1180. The molecule has 1 amide bonds. The maximum absolute atomic E-state index is 13.1. The molecule has 0 saturated carbocycles. The molecule has 2 heterocycles. The molecule has 0 saturated heterocycles. The van der Waals surface area contributed by atoms with Crippen molar-refractivity contribution in [1.82, 2.24) is 14.8 Å². The average Bonchev–Trinajstić information content (AvgIpc) is 3.31. The van der Waals surface area contributed by atoms with Crippen molar-refractivity contribution in [3.05, 3.63) is 88.6 Å². The van der Waals surface area contributed by atoms with Gasteiger partial charge in [0.15, 0.2) is 5.13 Å². The average molecular weight is 402 g/mol. The van der Waals surface area contributed by atoms with Gasteiger partial charge in [-0.15, -0.1) is 0 Å². The summed E-state index contributed by atoms with van der Waals surface area (Å²) in [6.45, 7) is 1.82.